The summed E-state index contributed by atoms with van der Waals surface area (Å²) < 4.78 is 35.6. The van der Waals surface area contributed by atoms with Gasteiger partial charge in [0, 0.05) is 0 Å². The molecule has 1 aromatic carbocycles. The van der Waals surface area contributed by atoms with Crippen LogP contribution in [0.5, 0.6) is 0 Å². The fraction of sp³-hybridized carbons (Fsp3) is 0.182. The molecule has 80 valence electrons. The molecule has 1 aromatic rings. The summed E-state index contributed by atoms with van der Waals surface area (Å²) in [6.07, 6.45) is -4.38. The second-order valence-corrected chi connectivity index (χ2v) is 3.72. The van der Waals surface area contributed by atoms with E-state index in [-0.39, 0.29) is 0 Å². The van der Waals surface area contributed by atoms with Crippen molar-refractivity contribution in [2.75, 3.05) is 0 Å². The average molecular weight is 277 g/mol. The van der Waals surface area contributed by atoms with E-state index >= 15 is 0 Å². The molecule has 0 radical (unpaired) electrons. The van der Waals surface area contributed by atoms with Crippen molar-refractivity contribution in [2.24, 2.45) is 0 Å². The zero-order valence-electron chi connectivity index (χ0n) is 7.90. The molecule has 0 bridgehead atoms. The number of halogens is 4. The van der Waals surface area contributed by atoms with Gasteiger partial charge in [0.05, 0.1) is 0 Å². The molecule has 4 heteroatoms. The number of allylic oxidation sites excluding steroid dienone is 1. The van der Waals surface area contributed by atoms with Crippen LogP contribution >= 0.6 is 15.9 Å². The SMILES string of the molecule is CC(=C=C(Br)C(F)(F)F)c1ccccc1. The molecule has 0 heterocycles. The molecular weight excluding hydrogens is 269 g/mol. The third-order valence-corrected chi connectivity index (χ3v) is 2.40. The highest BCUT2D eigenvalue weighted by Gasteiger charge is 2.31. The lowest BCUT2D eigenvalue weighted by Gasteiger charge is -2.02. The molecule has 0 aliphatic carbocycles. The summed E-state index contributed by atoms with van der Waals surface area (Å²) in [5, 5.41) is 0. The Morgan fingerprint density at radius 2 is 1.73 bits per heavy atom. The van der Waals surface area contributed by atoms with Gasteiger partial charge < -0.3 is 0 Å². The van der Waals surface area contributed by atoms with Crippen molar-refractivity contribution in [3.05, 3.63) is 46.1 Å². The minimum atomic E-state index is -4.38. The van der Waals surface area contributed by atoms with Crippen LogP contribution in [0.25, 0.3) is 5.57 Å². The van der Waals surface area contributed by atoms with Crippen molar-refractivity contribution >= 4 is 21.5 Å². The Kier molecular flexibility index (Phi) is 3.77. The lowest BCUT2D eigenvalue weighted by molar-refractivity contribution is -0.0826. The van der Waals surface area contributed by atoms with Gasteiger partial charge in [-0.05, 0) is 34.0 Å². The third-order valence-electron chi connectivity index (χ3n) is 1.75. The van der Waals surface area contributed by atoms with Crippen LogP contribution in [0.2, 0.25) is 0 Å². The van der Waals surface area contributed by atoms with Gasteiger partial charge in [-0.25, -0.2) is 0 Å². The molecule has 0 amide bonds. The molecule has 0 saturated carbocycles. The maximum Gasteiger partial charge on any atom is 0.430 e. The van der Waals surface area contributed by atoms with Crippen molar-refractivity contribution in [1.29, 1.82) is 0 Å². The smallest absolute Gasteiger partial charge is 0.165 e. The van der Waals surface area contributed by atoms with Crippen molar-refractivity contribution in [1.82, 2.24) is 0 Å². The van der Waals surface area contributed by atoms with Crippen LogP contribution in [0.1, 0.15) is 12.5 Å². The molecule has 0 fully saturated rings. The van der Waals surface area contributed by atoms with Crippen LogP contribution < -0.4 is 0 Å². The molecule has 15 heavy (non-hydrogen) atoms. The summed E-state index contributed by atoms with van der Waals surface area (Å²) in [4.78, 5) is 0. The van der Waals surface area contributed by atoms with Crippen LogP contribution in [0.3, 0.4) is 0 Å². The highest BCUT2D eigenvalue weighted by atomic mass is 79.9. The normalized spacial score (nSPS) is 10.7. The number of rotatable bonds is 1. The topological polar surface area (TPSA) is 0 Å². The molecule has 0 aromatic heterocycles. The number of hydrogen-bond donors (Lipinski definition) is 0. The monoisotopic (exact) mass is 276 g/mol. The maximum atomic E-state index is 12.2. The van der Waals surface area contributed by atoms with Crippen LogP contribution in [0, 0.1) is 0 Å². The average Bonchev–Trinajstić information content (AvgIpc) is 2.17. The summed E-state index contributed by atoms with van der Waals surface area (Å²) in [7, 11) is 0. The molecule has 0 saturated heterocycles. The lowest BCUT2D eigenvalue weighted by Crippen LogP contribution is -2.05. The van der Waals surface area contributed by atoms with E-state index in [9.17, 15) is 13.2 Å². The van der Waals surface area contributed by atoms with Gasteiger partial charge in [-0.15, -0.1) is 0 Å². The Bertz CT molecular complexity index is 398. The van der Waals surface area contributed by atoms with Crippen molar-refractivity contribution in [3.8, 4) is 0 Å². The van der Waals surface area contributed by atoms with Gasteiger partial charge in [-0.1, -0.05) is 36.1 Å². The number of alkyl halides is 3. The standard InChI is InChI=1S/C11H8BrF3/c1-8(7-10(12)11(13,14)15)9-5-3-2-4-6-9/h2-6H,1H3. The summed E-state index contributed by atoms with van der Waals surface area (Å²) in [6, 6.07) is 8.81. The Labute approximate surface area is 94.2 Å². The van der Waals surface area contributed by atoms with Gasteiger partial charge in [0.2, 0.25) is 0 Å². The maximum absolute atomic E-state index is 12.2. The first-order valence-corrected chi connectivity index (χ1v) is 4.96. The zero-order valence-corrected chi connectivity index (χ0v) is 9.48. The first-order valence-electron chi connectivity index (χ1n) is 4.17. The Morgan fingerprint density at radius 3 is 2.20 bits per heavy atom. The molecule has 0 atom stereocenters. The highest BCUT2D eigenvalue weighted by Crippen LogP contribution is 2.30. The number of benzene rings is 1. The first kappa shape index (κ1) is 12.1. The van der Waals surface area contributed by atoms with Crippen LogP contribution in [-0.4, -0.2) is 6.18 Å². The second kappa shape index (κ2) is 4.69. The molecule has 0 nitrogen and oxygen atoms in total. The summed E-state index contributed by atoms with van der Waals surface area (Å²) in [5.74, 6) is 0. The Hall–Kier alpha value is -0.990. The van der Waals surface area contributed by atoms with Crippen LogP contribution in [0.4, 0.5) is 13.2 Å². The minimum absolute atomic E-state index is 0.444. The van der Waals surface area contributed by atoms with E-state index < -0.39 is 10.7 Å². The summed E-state index contributed by atoms with van der Waals surface area (Å²) >= 11 is 2.46. The molecule has 0 aliphatic rings. The lowest BCUT2D eigenvalue weighted by atomic mass is 10.1. The van der Waals surface area contributed by atoms with Crippen LogP contribution in [0.15, 0.2) is 40.5 Å². The fourth-order valence-electron chi connectivity index (χ4n) is 0.996. The molecule has 0 spiro atoms. The van der Waals surface area contributed by atoms with Crippen molar-refractivity contribution in [2.45, 2.75) is 13.1 Å². The van der Waals surface area contributed by atoms with E-state index in [1.807, 2.05) is 0 Å². The molecule has 0 unspecified atom stereocenters. The molecule has 1 rings (SSSR count). The van der Waals surface area contributed by atoms with E-state index in [0.29, 0.717) is 5.57 Å². The summed E-state index contributed by atoms with van der Waals surface area (Å²) in [6.45, 7) is 1.59. The number of hydrogen-bond acceptors (Lipinski definition) is 0. The largest absolute Gasteiger partial charge is 0.430 e. The summed E-state index contributed by atoms with van der Waals surface area (Å²) in [5.41, 5.74) is 3.43. The second-order valence-electron chi connectivity index (χ2n) is 2.93. The predicted octanol–water partition coefficient (Wildman–Crippen LogP) is 4.53. The van der Waals surface area contributed by atoms with Gasteiger partial charge in [0.1, 0.15) is 4.48 Å². The fourth-order valence-corrected chi connectivity index (χ4v) is 1.29. The molecule has 0 N–H and O–H groups in total. The van der Waals surface area contributed by atoms with Crippen LogP contribution in [-0.2, 0) is 0 Å². The van der Waals surface area contributed by atoms with E-state index in [1.54, 1.807) is 37.3 Å². The molecular formula is C11H8BrF3. The van der Waals surface area contributed by atoms with E-state index in [1.165, 1.54) is 0 Å². The Balaban J connectivity index is 3.15. The Morgan fingerprint density at radius 1 is 1.20 bits per heavy atom. The minimum Gasteiger partial charge on any atom is -0.165 e. The quantitative estimate of drug-likeness (QED) is 0.661. The van der Waals surface area contributed by atoms with E-state index in [0.717, 1.165) is 5.56 Å². The van der Waals surface area contributed by atoms with Gasteiger partial charge in [0.25, 0.3) is 0 Å². The van der Waals surface area contributed by atoms with E-state index in [4.69, 9.17) is 0 Å². The first-order chi connectivity index (χ1) is 6.91. The van der Waals surface area contributed by atoms with Crippen molar-refractivity contribution in [3.63, 3.8) is 0 Å². The van der Waals surface area contributed by atoms with E-state index in [2.05, 4.69) is 21.7 Å². The molecule has 0 aliphatic heterocycles. The predicted molar refractivity (Wildman–Crippen MR) is 57.5 cm³/mol. The van der Waals surface area contributed by atoms with Crippen molar-refractivity contribution < 1.29 is 13.2 Å². The van der Waals surface area contributed by atoms with Gasteiger partial charge >= 0.3 is 6.18 Å². The van der Waals surface area contributed by atoms with Gasteiger partial charge in [-0.3, -0.25) is 0 Å². The zero-order chi connectivity index (χ0) is 11.5. The van der Waals surface area contributed by atoms with Gasteiger partial charge in [-0.2, -0.15) is 13.2 Å². The third kappa shape index (κ3) is 3.57. The van der Waals surface area contributed by atoms with Gasteiger partial charge in [0.15, 0.2) is 0 Å². The highest BCUT2D eigenvalue weighted by molar-refractivity contribution is 9.11.